The first kappa shape index (κ1) is 28.4. The number of hydrogen-bond acceptors (Lipinski definition) is 9. The second-order valence-corrected chi connectivity index (χ2v) is 12.9. The Labute approximate surface area is 259 Å². The number of hydrogen-bond donors (Lipinski definition) is 3. The van der Waals surface area contributed by atoms with Gasteiger partial charge in [-0.05, 0) is 79.0 Å². The normalized spacial score (nSPS) is 23.3. The molecule has 2 aliphatic rings. The lowest BCUT2D eigenvalue weighted by atomic mass is 9.82. The second-order valence-electron chi connectivity index (χ2n) is 11.8. The third kappa shape index (κ3) is 5.65. The summed E-state index contributed by atoms with van der Waals surface area (Å²) in [5.41, 5.74) is 11.2. The first-order valence-corrected chi connectivity index (χ1v) is 16.0. The monoisotopic (exact) mass is 615 g/mol. The fourth-order valence-corrected chi connectivity index (χ4v) is 7.96. The average molecular weight is 616 g/mol. The van der Waals surface area contributed by atoms with E-state index < -0.39 is 12.2 Å². The van der Waals surface area contributed by atoms with Gasteiger partial charge in [-0.15, -0.1) is 11.3 Å². The van der Waals surface area contributed by atoms with Gasteiger partial charge in [0.15, 0.2) is 0 Å². The van der Waals surface area contributed by atoms with Crippen LogP contribution in [0.4, 0.5) is 5.82 Å². The van der Waals surface area contributed by atoms with E-state index >= 15 is 0 Å². The molecule has 0 amide bonds. The molecule has 4 N–H and O–H groups in total. The van der Waals surface area contributed by atoms with E-state index in [2.05, 4.69) is 49.5 Å². The lowest BCUT2D eigenvalue weighted by Gasteiger charge is -2.36. The summed E-state index contributed by atoms with van der Waals surface area (Å²) < 4.78 is 1.94. The number of aliphatic hydroxyl groups excluding tert-OH is 2. The number of likely N-dealkylation sites (tertiary alicyclic amines) is 1. The summed E-state index contributed by atoms with van der Waals surface area (Å²) in [6.45, 7) is 2.82. The molecule has 7 rings (SSSR count). The molecular formula is C32H34ClN7O2S. The summed E-state index contributed by atoms with van der Waals surface area (Å²) in [5, 5.41) is 26.3. The number of piperidine rings is 1. The van der Waals surface area contributed by atoms with Crippen LogP contribution in [0.3, 0.4) is 0 Å². The molecule has 4 atom stereocenters. The van der Waals surface area contributed by atoms with Crippen molar-refractivity contribution < 1.29 is 10.2 Å². The third-order valence-corrected chi connectivity index (χ3v) is 10.2. The van der Waals surface area contributed by atoms with Gasteiger partial charge in [0.25, 0.3) is 0 Å². The minimum absolute atomic E-state index is 0.0176. The molecular weight excluding hydrogens is 582 g/mol. The Kier molecular flexibility index (Phi) is 7.87. The van der Waals surface area contributed by atoms with Crippen molar-refractivity contribution in [3.8, 4) is 10.6 Å². The minimum Gasteiger partial charge on any atom is -0.390 e. The maximum Gasteiger partial charge on any atom is 0.226 e. The van der Waals surface area contributed by atoms with Crippen molar-refractivity contribution in [2.45, 2.75) is 50.5 Å². The molecule has 5 heterocycles. The van der Waals surface area contributed by atoms with E-state index in [1.54, 1.807) is 11.3 Å². The van der Waals surface area contributed by atoms with Crippen LogP contribution in [0.15, 0.2) is 66.4 Å². The average Bonchev–Trinajstić information content (AvgIpc) is 3.71. The molecule has 222 valence electrons. The Morgan fingerprint density at radius 2 is 1.72 bits per heavy atom. The first-order chi connectivity index (χ1) is 20.9. The number of aliphatic hydroxyl groups is 2. The molecule has 0 unspecified atom stereocenters. The van der Waals surface area contributed by atoms with Gasteiger partial charge < -0.3 is 20.5 Å². The van der Waals surface area contributed by atoms with E-state index in [0.29, 0.717) is 23.4 Å². The standard InChI is InChI=1S/C32H34ClN7O2S/c33-32-37-29(34)26-24(31-36-22(18-43-31)14-19-4-2-1-3-5-19)17-40(30(26)38-32)25-15-23(27(41)28(25)42)21-8-12-39(13-9-21)16-20-6-10-35-11-7-20/h1-7,10-11,17-18,21,23,25,27-28,41-42H,8-9,12-16H2,(H2,34,37,38)/t23-,25-,27-,28+/m1/s1. The highest BCUT2D eigenvalue weighted by Gasteiger charge is 2.46. The zero-order chi connectivity index (χ0) is 29.5. The molecule has 0 spiro atoms. The molecule has 1 saturated heterocycles. The van der Waals surface area contributed by atoms with Crippen LogP contribution >= 0.6 is 22.9 Å². The Bertz CT molecular complexity index is 1710. The summed E-state index contributed by atoms with van der Waals surface area (Å²) in [7, 11) is 0. The molecule has 11 heteroatoms. The van der Waals surface area contributed by atoms with Crippen LogP contribution < -0.4 is 5.73 Å². The smallest absolute Gasteiger partial charge is 0.226 e. The number of rotatable bonds is 7. The number of thiazole rings is 1. The highest BCUT2D eigenvalue weighted by Crippen LogP contribution is 2.46. The van der Waals surface area contributed by atoms with Crippen molar-refractivity contribution in [1.29, 1.82) is 0 Å². The third-order valence-electron chi connectivity index (χ3n) is 9.13. The van der Waals surface area contributed by atoms with Crippen LogP contribution in [0.25, 0.3) is 21.6 Å². The predicted octanol–water partition coefficient (Wildman–Crippen LogP) is 4.97. The van der Waals surface area contributed by atoms with Gasteiger partial charge in [-0.25, -0.2) is 9.97 Å². The van der Waals surface area contributed by atoms with Crippen molar-refractivity contribution >= 4 is 39.8 Å². The van der Waals surface area contributed by atoms with Gasteiger partial charge in [-0.3, -0.25) is 9.88 Å². The summed E-state index contributed by atoms with van der Waals surface area (Å²) in [5.74, 6) is 0.582. The van der Waals surface area contributed by atoms with Crippen LogP contribution in [-0.4, -0.2) is 64.9 Å². The Balaban J connectivity index is 1.14. The lowest BCUT2D eigenvalue weighted by molar-refractivity contribution is -0.0125. The van der Waals surface area contributed by atoms with Crippen molar-refractivity contribution in [2.75, 3.05) is 18.8 Å². The molecule has 1 aromatic carbocycles. The van der Waals surface area contributed by atoms with Gasteiger partial charge in [0.2, 0.25) is 5.28 Å². The molecule has 2 fully saturated rings. The Hall–Kier alpha value is -3.41. The van der Waals surface area contributed by atoms with E-state index in [4.69, 9.17) is 22.3 Å². The van der Waals surface area contributed by atoms with Crippen molar-refractivity contribution in [3.05, 3.63) is 88.5 Å². The number of pyridine rings is 1. The summed E-state index contributed by atoms with van der Waals surface area (Å²) in [6.07, 6.45) is 7.18. The minimum atomic E-state index is -0.941. The van der Waals surface area contributed by atoms with Gasteiger partial charge in [0, 0.05) is 42.5 Å². The lowest BCUT2D eigenvalue weighted by Crippen LogP contribution is -2.39. The van der Waals surface area contributed by atoms with Crippen LogP contribution in [0.1, 0.15) is 42.1 Å². The quantitative estimate of drug-likeness (QED) is 0.219. The summed E-state index contributed by atoms with van der Waals surface area (Å²) in [6, 6.07) is 14.0. The molecule has 1 aliphatic heterocycles. The Morgan fingerprint density at radius 3 is 2.49 bits per heavy atom. The number of nitrogens with zero attached hydrogens (tertiary/aromatic N) is 6. The van der Waals surface area contributed by atoms with E-state index in [1.165, 1.54) is 11.1 Å². The maximum atomic E-state index is 11.4. The maximum absolute atomic E-state index is 11.4. The number of nitrogens with two attached hydrogens (primary N) is 1. The summed E-state index contributed by atoms with van der Waals surface area (Å²) >= 11 is 7.83. The molecule has 43 heavy (non-hydrogen) atoms. The van der Waals surface area contributed by atoms with Crippen molar-refractivity contribution in [2.24, 2.45) is 11.8 Å². The fraction of sp³-hybridized carbons (Fsp3) is 0.375. The van der Waals surface area contributed by atoms with Crippen LogP contribution in [0, 0.1) is 11.8 Å². The topological polar surface area (TPSA) is 126 Å². The predicted molar refractivity (Wildman–Crippen MR) is 169 cm³/mol. The van der Waals surface area contributed by atoms with E-state index in [0.717, 1.165) is 55.2 Å². The number of aromatic nitrogens is 5. The second kappa shape index (κ2) is 11.9. The van der Waals surface area contributed by atoms with Gasteiger partial charge in [-0.2, -0.15) is 4.98 Å². The Morgan fingerprint density at radius 1 is 0.953 bits per heavy atom. The number of halogens is 1. The molecule has 1 aliphatic carbocycles. The number of nitrogen functional groups attached to an aromatic ring is 1. The molecule has 9 nitrogen and oxygen atoms in total. The van der Waals surface area contributed by atoms with Crippen molar-refractivity contribution in [3.63, 3.8) is 0 Å². The van der Waals surface area contributed by atoms with Gasteiger partial charge in [-0.1, -0.05) is 30.3 Å². The SMILES string of the molecule is Nc1nc(Cl)nc2c1c(-c1nc(Cc3ccccc3)cs1)cn2[C@@H]1C[C@H](C2CCN(Cc3ccncc3)CC2)[C@@H](O)[C@H]1O. The highest BCUT2D eigenvalue weighted by molar-refractivity contribution is 7.13. The highest BCUT2D eigenvalue weighted by atomic mass is 35.5. The fourth-order valence-electron chi connectivity index (χ4n) is 6.95. The first-order valence-electron chi connectivity index (χ1n) is 14.7. The van der Waals surface area contributed by atoms with Gasteiger partial charge in [0.05, 0.1) is 23.2 Å². The molecule has 5 aromatic rings. The number of anilines is 1. The molecule has 0 bridgehead atoms. The largest absolute Gasteiger partial charge is 0.390 e. The van der Waals surface area contributed by atoms with Crippen LogP contribution in [0.5, 0.6) is 0 Å². The van der Waals surface area contributed by atoms with E-state index in [1.807, 2.05) is 41.4 Å². The van der Waals surface area contributed by atoms with Gasteiger partial charge >= 0.3 is 0 Å². The van der Waals surface area contributed by atoms with E-state index in [-0.39, 0.29) is 23.1 Å². The van der Waals surface area contributed by atoms with Gasteiger partial charge in [0.1, 0.15) is 22.6 Å². The number of fused-ring (bicyclic) bond motifs is 1. The zero-order valence-electron chi connectivity index (χ0n) is 23.6. The zero-order valence-corrected chi connectivity index (χ0v) is 25.2. The molecule has 4 aromatic heterocycles. The van der Waals surface area contributed by atoms with Crippen LogP contribution in [0.2, 0.25) is 5.28 Å². The number of benzene rings is 1. The van der Waals surface area contributed by atoms with E-state index in [9.17, 15) is 10.2 Å². The summed E-state index contributed by atoms with van der Waals surface area (Å²) in [4.78, 5) is 20.3. The van der Waals surface area contributed by atoms with Crippen LogP contribution in [-0.2, 0) is 13.0 Å². The molecule has 0 radical (unpaired) electrons. The molecule has 1 saturated carbocycles. The van der Waals surface area contributed by atoms with Crippen molar-refractivity contribution in [1.82, 2.24) is 29.4 Å².